The molecule has 1 saturated heterocycles. The molecule has 1 aromatic rings. The summed E-state index contributed by atoms with van der Waals surface area (Å²) in [4.78, 5) is 4.47. The molecular formula is C14H21Cl2N3O. The molecular weight excluding hydrogens is 297 g/mol. The zero-order valence-electron chi connectivity index (χ0n) is 11.9. The maximum atomic E-state index is 6.19. The van der Waals surface area contributed by atoms with E-state index in [0.717, 1.165) is 32.5 Å². The van der Waals surface area contributed by atoms with Gasteiger partial charge in [0.05, 0.1) is 16.1 Å². The standard InChI is InChI=1S/C14H21Cl2N3O/c1-3-5-17-13-11(15)7-12(16)14(19-13)18-8-10-4-6-20-9(10)2/h7,9-10H,3-6,8H2,1-2H3,(H2,17,18,19). The Labute approximate surface area is 130 Å². The molecule has 1 aliphatic rings. The van der Waals surface area contributed by atoms with Crippen LogP contribution in [0.2, 0.25) is 10.0 Å². The maximum absolute atomic E-state index is 6.19. The Hall–Kier alpha value is -0.710. The Kier molecular flexibility index (Phi) is 5.75. The number of halogens is 2. The second-order valence-electron chi connectivity index (χ2n) is 5.08. The minimum absolute atomic E-state index is 0.284. The van der Waals surface area contributed by atoms with E-state index in [1.807, 2.05) is 0 Å². The molecule has 0 saturated carbocycles. The first kappa shape index (κ1) is 15.7. The summed E-state index contributed by atoms with van der Waals surface area (Å²) in [7, 11) is 0. The predicted molar refractivity (Wildman–Crippen MR) is 85.0 cm³/mol. The molecule has 0 bridgehead atoms. The van der Waals surface area contributed by atoms with E-state index < -0.39 is 0 Å². The molecule has 2 unspecified atom stereocenters. The van der Waals surface area contributed by atoms with Crippen LogP contribution in [-0.2, 0) is 4.74 Å². The van der Waals surface area contributed by atoms with Gasteiger partial charge in [0.2, 0.25) is 0 Å². The van der Waals surface area contributed by atoms with Crippen LogP contribution in [0.4, 0.5) is 11.6 Å². The fourth-order valence-corrected chi connectivity index (χ4v) is 2.72. The van der Waals surface area contributed by atoms with Crippen molar-refractivity contribution < 1.29 is 4.74 Å². The van der Waals surface area contributed by atoms with Gasteiger partial charge < -0.3 is 15.4 Å². The van der Waals surface area contributed by atoms with Crippen LogP contribution in [0, 0.1) is 5.92 Å². The summed E-state index contributed by atoms with van der Waals surface area (Å²) < 4.78 is 5.55. The van der Waals surface area contributed by atoms with Crippen molar-refractivity contribution in [1.29, 1.82) is 0 Å². The Morgan fingerprint density at radius 2 is 2.00 bits per heavy atom. The third-order valence-electron chi connectivity index (χ3n) is 3.54. The molecule has 0 aromatic carbocycles. The summed E-state index contributed by atoms with van der Waals surface area (Å²) in [6, 6.07) is 1.73. The van der Waals surface area contributed by atoms with Crippen molar-refractivity contribution in [2.75, 3.05) is 30.3 Å². The Balaban J connectivity index is 2.02. The number of pyridine rings is 1. The molecule has 0 aliphatic carbocycles. The van der Waals surface area contributed by atoms with Gasteiger partial charge in [0, 0.05) is 25.6 Å². The van der Waals surface area contributed by atoms with E-state index in [-0.39, 0.29) is 6.10 Å². The lowest BCUT2D eigenvalue weighted by atomic mass is 10.0. The largest absolute Gasteiger partial charge is 0.378 e. The molecule has 1 aliphatic heterocycles. The second kappa shape index (κ2) is 7.34. The lowest BCUT2D eigenvalue weighted by Gasteiger charge is -2.17. The number of anilines is 2. The normalized spacial score (nSPS) is 22.0. The van der Waals surface area contributed by atoms with Gasteiger partial charge >= 0.3 is 0 Å². The van der Waals surface area contributed by atoms with Gasteiger partial charge in [0.25, 0.3) is 0 Å². The van der Waals surface area contributed by atoms with Crippen LogP contribution < -0.4 is 10.6 Å². The van der Waals surface area contributed by atoms with E-state index in [1.165, 1.54) is 0 Å². The van der Waals surface area contributed by atoms with Crippen LogP contribution in [0.5, 0.6) is 0 Å². The van der Waals surface area contributed by atoms with Gasteiger partial charge in [-0.1, -0.05) is 30.1 Å². The number of ether oxygens (including phenoxy) is 1. The predicted octanol–water partition coefficient (Wildman–Crippen LogP) is 4.05. The molecule has 4 nitrogen and oxygen atoms in total. The summed E-state index contributed by atoms with van der Waals surface area (Å²) >= 11 is 12.3. The van der Waals surface area contributed by atoms with Crippen LogP contribution in [-0.4, -0.2) is 30.8 Å². The third-order valence-corrected chi connectivity index (χ3v) is 4.11. The fraction of sp³-hybridized carbons (Fsp3) is 0.643. The van der Waals surface area contributed by atoms with Crippen molar-refractivity contribution >= 4 is 34.8 Å². The Morgan fingerprint density at radius 1 is 1.30 bits per heavy atom. The summed E-state index contributed by atoms with van der Waals surface area (Å²) in [6.07, 6.45) is 2.37. The molecule has 2 heterocycles. The topological polar surface area (TPSA) is 46.2 Å². The average Bonchev–Trinajstić information content (AvgIpc) is 2.82. The van der Waals surface area contributed by atoms with Gasteiger partial charge in [0.1, 0.15) is 11.6 Å². The van der Waals surface area contributed by atoms with Crippen molar-refractivity contribution in [3.05, 3.63) is 16.1 Å². The molecule has 0 spiro atoms. The Morgan fingerprint density at radius 3 is 2.60 bits per heavy atom. The highest BCUT2D eigenvalue weighted by molar-refractivity contribution is 6.37. The van der Waals surface area contributed by atoms with Gasteiger partial charge in [-0.3, -0.25) is 0 Å². The van der Waals surface area contributed by atoms with Crippen molar-refractivity contribution in [1.82, 2.24) is 4.98 Å². The van der Waals surface area contributed by atoms with Crippen LogP contribution in [0.3, 0.4) is 0 Å². The molecule has 6 heteroatoms. The van der Waals surface area contributed by atoms with Gasteiger partial charge in [-0.2, -0.15) is 0 Å². The average molecular weight is 318 g/mol. The van der Waals surface area contributed by atoms with Crippen LogP contribution in [0.15, 0.2) is 6.07 Å². The molecule has 2 atom stereocenters. The van der Waals surface area contributed by atoms with Gasteiger partial charge in [-0.15, -0.1) is 0 Å². The molecule has 20 heavy (non-hydrogen) atoms. The van der Waals surface area contributed by atoms with Crippen molar-refractivity contribution in [3.63, 3.8) is 0 Å². The number of rotatable bonds is 6. The van der Waals surface area contributed by atoms with E-state index >= 15 is 0 Å². The third kappa shape index (κ3) is 3.90. The molecule has 0 amide bonds. The fourth-order valence-electron chi connectivity index (χ4n) is 2.23. The van der Waals surface area contributed by atoms with Gasteiger partial charge in [-0.25, -0.2) is 4.98 Å². The van der Waals surface area contributed by atoms with Crippen molar-refractivity contribution in [2.24, 2.45) is 5.92 Å². The van der Waals surface area contributed by atoms with Gasteiger partial charge in [-0.05, 0) is 25.8 Å². The number of nitrogens with one attached hydrogen (secondary N) is 2. The Bertz CT molecular complexity index is 456. The SMILES string of the molecule is CCCNc1nc(NCC2CCOC2C)c(Cl)cc1Cl. The first-order chi connectivity index (χ1) is 9.61. The summed E-state index contributed by atoms with van der Waals surface area (Å²) in [5.74, 6) is 1.85. The minimum atomic E-state index is 0.284. The molecule has 0 radical (unpaired) electrons. The first-order valence-corrected chi connectivity index (χ1v) is 7.82. The monoisotopic (exact) mass is 317 g/mol. The zero-order valence-corrected chi connectivity index (χ0v) is 13.4. The van der Waals surface area contributed by atoms with E-state index in [0.29, 0.717) is 27.6 Å². The minimum Gasteiger partial charge on any atom is -0.378 e. The van der Waals surface area contributed by atoms with Crippen molar-refractivity contribution in [2.45, 2.75) is 32.8 Å². The smallest absolute Gasteiger partial charge is 0.147 e. The number of aromatic nitrogens is 1. The molecule has 112 valence electrons. The lowest BCUT2D eigenvalue weighted by Crippen LogP contribution is -2.21. The molecule has 2 rings (SSSR count). The highest BCUT2D eigenvalue weighted by atomic mass is 35.5. The van der Waals surface area contributed by atoms with Crippen LogP contribution in [0.25, 0.3) is 0 Å². The molecule has 1 aromatic heterocycles. The summed E-state index contributed by atoms with van der Waals surface area (Å²) in [5.41, 5.74) is 0. The highest BCUT2D eigenvalue weighted by Crippen LogP contribution is 2.30. The quantitative estimate of drug-likeness (QED) is 0.831. The number of hydrogen-bond acceptors (Lipinski definition) is 4. The van der Waals surface area contributed by atoms with Gasteiger partial charge in [0.15, 0.2) is 0 Å². The number of hydrogen-bond donors (Lipinski definition) is 2. The summed E-state index contributed by atoms with van der Waals surface area (Å²) in [6.45, 7) is 6.67. The number of nitrogens with zero attached hydrogens (tertiary/aromatic N) is 1. The summed E-state index contributed by atoms with van der Waals surface area (Å²) in [5, 5.41) is 7.60. The zero-order chi connectivity index (χ0) is 14.5. The van der Waals surface area contributed by atoms with Crippen LogP contribution >= 0.6 is 23.2 Å². The van der Waals surface area contributed by atoms with E-state index in [9.17, 15) is 0 Å². The lowest BCUT2D eigenvalue weighted by molar-refractivity contribution is 0.108. The maximum Gasteiger partial charge on any atom is 0.147 e. The molecule has 1 fully saturated rings. The second-order valence-corrected chi connectivity index (χ2v) is 5.90. The highest BCUT2D eigenvalue weighted by Gasteiger charge is 2.24. The molecule has 2 N–H and O–H groups in total. The van der Waals surface area contributed by atoms with E-state index in [1.54, 1.807) is 6.07 Å². The first-order valence-electron chi connectivity index (χ1n) is 7.07. The van der Waals surface area contributed by atoms with E-state index in [2.05, 4.69) is 29.5 Å². The van der Waals surface area contributed by atoms with Crippen molar-refractivity contribution in [3.8, 4) is 0 Å². The van der Waals surface area contributed by atoms with Crippen LogP contribution in [0.1, 0.15) is 26.7 Å². The van der Waals surface area contributed by atoms with E-state index in [4.69, 9.17) is 27.9 Å².